The van der Waals surface area contributed by atoms with E-state index in [0.29, 0.717) is 13.1 Å². The lowest BCUT2D eigenvalue weighted by Gasteiger charge is -2.21. The third-order valence-corrected chi connectivity index (χ3v) is 3.74. The molecule has 24 heavy (non-hydrogen) atoms. The van der Waals surface area contributed by atoms with Crippen LogP contribution in [0.1, 0.15) is 26.7 Å². The maximum absolute atomic E-state index is 4.67. The predicted octanol–water partition coefficient (Wildman–Crippen LogP) is 1.47. The number of fused-ring (bicyclic) bond motifs is 1. The molecule has 2 heterocycles. The van der Waals surface area contributed by atoms with Gasteiger partial charge in [0.15, 0.2) is 11.6 Å². The molecule has 0 radical (unpaired) electrons. The fourth-order valence-corrected chi connectivity index (χ4v) is 2.41. The van der Waals surface area contributed by atoms with Crippen molar-refractivity contribution in [2.45, 2.75) is 26.7 Å². The van der Waals surface area contributed by atoms with E-state index in [2.05, 4.69) is 56.5 Å². The predicted molar refractivity (Wildman–Crippen MR) is 98.3 cm³/mol. The van der Waals surface area contributed by atoms with E-state index in [4.69, 9.17) is 0 Å². The van der Waals surface area contributed by atoms with Crippen molar-refractivity contribution < 1.29 is 0 Å². The Balaban J connectivity index is 1.93. The van der Waals surface area contributed by atoms with E-state index in [1.165, 1.54) is 12.8 Å². The molecule has 2 N–H and O–H groups in total. The molecule has 0 saturated carbocycles. The fraction of sp³-hybridized carbons (Fsp3) is 0.625. The number of nitrogens with one attached hydrogen (secondary N) is 2. The maximum atomic E-state index is 4.67. The minimum atomic E-state index is 0.671. The largest absolute Gasteiger partial charge is 0.367 e. The Morgan fingerprint density at radius 2 is 2.17 bits per heavy atom. The van der Waals surface area contributed by atoms with Crippen LogP contribution in [0, 0.1) is 0 Å². The zero-order chi connectivity index (χ0) is 17.4. The molecule has 0 aliphatic rings. The highest BCUT2D eigenvalue weighted by atomic mass is 15.3. The van der Waals surface area contributed by atoms with E-state index in [-0.39, 0.29) is 0 Å². The van der Waals surface area contributed by atoms with Gasteiger partial charge in [0.2, 0.25) is 0 Å². The molecule has 2 aromatic heterocycles. The molecular weight excluding hydrogens is 304 g/mol. The first kappa shape index (κ1) is 18.0. The van der Waals surface area contributed by atoms with Gasteiger partial charge in [-0.2, -0.15) is 5.10 Å². The minimum absolute atomic E-state index is 0.671. The molecule has 0 aromatic carbocycles. The highest BCUT2D eigenvalue weighted by molar-refractivity contribution is 5.86. The number of guanidine groups is 1. The molecule has 0 aliphatic carbocycles. The van der Waals surface area contributed by atoms with Crippen molar-refractivity contribution in [2.75, 3.05) is 38.5 Å². The molecule has 0 atom stereocenters. The SMILES string of the molecule is CCCCN(C)C(=NCCNc1ncnc2c1cnn2C)NCC. The Kier molecular flexibility index (Phi) is 6.77. The van der Waals surface area contributed by atoms with E-state index in [0.717, 1.165) is 35.9 Å². The van der Waals surface area contributed by atoms with Crippen LogP contribution in [0.4, 0.5) is 5.82 Å². The molecule has 8 heteroatoms. The van der Waals surface area contributed by atoms with E-state index in [1.807, 2.05) is 7.05 Å². The highest BCUT2D eigenvalue weighted by Crippen LogP contribution is 2.17. The third-order valence-electron chi connectivity index (χ3n) is 3.74. The van der Waals surface area contributed by atoms with Gasteiger partial charge in [-0.1, -0.05) is 13.3 Å². The van der Waals surface area contributed by atoms with Gasteiger partial charge in [-0.25, -0.2) is 9.97 Å². The second kappa shape index (κ2) is 9.05. The molecule has 0 amide bonds. The molecule has 2 aromatic rings. The van der Waals surface area contributed by atoms with E-state index in [1.54, 1.807) is 17.2 Å². The van der Waals surface area contributed by atoms with Crippen LogP contribution in [0.3, 0.4) is 0 Å². The lowest BCUT2D eigenvalue weighted by Crippen LogP contribution is -2.39. The van der Waals surface area contributed by atoms with Crippen LogP contribution >= 0.6 is 0 Å². The molecule has 8 nitrogen and oxygen atoms in total. The number of aromatic nitrogens is 4. The van der Waals surface area contributed by atoms with Crippen molar-refractivity contribution in [2.24, 2.45) is 12.0 Å². The van der Waals surface area contributed by atoms with Crippen LogP contribution in [0.5, 0.6) is 0 Å². The van der Waals surface area contributed by atoms with Crippen LogP contribution in [0.15, 0.2) is 17.5 Å². The summed E-state index contributed by atoms with van der Waals surface area (Å²) in [5.74, 6) is 1.75. The highest BCUT2D eigenvalue weighted by Gasteiger charge is 2.07. The Morgan fingerprint density at radius 1 is 1.33 bits per heavy atom. The Bertz CT molecular complexity index is 663. The van der Waals surface area contributed by atoms with Crippen molar-refractivity contribution in [3.05, 3.63) is 12.5 Å². The van der Waals surface area contributed by atoms with Gasteiger partial charge < -0.3 is 15.5 Å². The number of anilines is 1. The number of aryl methyl sites for hydroxylation is 1. The second-order valence-electron chi connectivity index (χ2n) is 5.67. The molecule has 0 spiro atoms. The number of aliphatic imine (C=N–C) groups is 1. The van der Waals surface area contributed by atoms with Crippen molar-refractivity contribution in [3.63, 3.8) is 0 Å². The van der Waals surface area contributed by atoms with Crippen molar-refractivity contribution >= 4 is 22.8 Å². The molecule has 2 rings (SSSR count). The summed E-state index contributed by atoms with van der Waals surface area (Å²) in [6, 6.07) is 0. The summed E-state index contributed by atoms with van der Waals surface area (Å²) >= 11 is 0. The number of unbranched alkanes of at least 4 members (excludes halogenated alkanes) is 1. The lowest BCUT2D eigenvalue weighted by atomic mass is 10.3. The first-order chi connectivity index (χ1) is 11.7. The maximum Gasteiger partial charge on any atom is 0.193 e. The molecule has 0 saturated heterocycles. The summed E-state index contributed by atoms with van der Waals surface area (Å²) in [7, 11) is 3.95. The first-order valence-corrected chi connectivity index (χ1v) is 8.53. The molecule has 0 bridgehead atoms. The van der Waals surface area contributed by atoms with Gasteiger partial charge in [0.1, 0.15) is 12.1 Å². The van der Waals surface area contributed by atoms with Crippen molar-refractivity contribution in [1.29, 1.82) is 0 Å². The summed E-state index contributed by atoms with van der Waals surface area (Å²) in [4.78, 5) is 15.4. The minimum Gasteiger partial charge on any atom is -0.367 e. The van der Waals surface area contributed by atoms with Gasteiger partial charge in [0.05, 0.1) is 18.1 Å². The van der Waals surface area contributed by atoms with Crippen molar-refractivity contribution in [1.82, 2.24) is 30.0 Å². The molecular formula is C16H28N8. The molecule has 132 valence electrons. The summed E-state index contributed by atoms with van der Waals surface area (Å²) in [6.07, 6.45) is 5.68. The molecule has 0 fully saturated rings. The molecule has 0 unspecified atom stereocenters. The van der Waals surface area contributed by atoms with Crippen LogP contribution in [0.2, 0.25) is 0 Å². The van der Waals surface area contributed by atoms with Crippen molar-refractivity contribution in [3.8, 4) is 0 Å². The van der Waals surface area contributed by atoms with E-state index < -0.39 is 0 Å². The third kappa shape index (κ3) is 4.56. The summed E-state index contributed by atoms with van der Waals surface area (Å²) in [5, 5.41) is 11.8. The second-order valence-corrected chi connectivity index (χ2v) is 5.67. The van der Waals surface area contributed by atoms with Gasteiger partial charge >= 0.3 is 0 Å². The van der Waals surface area contributed by atoms with Crippen LogP contribution in [-0.2, 0) is 7.05 Å². The average Bonchev–Trinajstić information content (AvgIpc) is 2.97. The van der Waals surface area contributed by atoms with E-state index >= 15 is 0 Å². The quantitative estimate of drug-likeness (QED) is 0.433. The lowest BCUT2D eigenvalue weighted by molar-refractivity contribution is 0.465. The Labute approximate surface area is 143 Å². The van der Waals surface area contributed by atoms with Crippen LogP contribution in [0.25, 0.3) is 11.0 Å². The number of hydrogen-bond acceptors (Lipinski definition) is 5. The summed E-state index contributed by atoms with van der Waals surface area (Å²) < 4.78 is 1.74. The fourth-order valence-electron chi connectivity index (χ4n) is 2.41. The van der Waals surface area contributed by atoms with Gasteiger partial charge in [-0.05, 0) is 13.3 Å². The topological polar surface area (TPSA) is 83.3 Å². The standard InChI is InChI=1S/C16H28N8/c1-5-7-10-23(3)16(17-6-2)19-9-8-18-14-13-11-22-24(4)15(13)21-12-20-14/h11-12H,5-10H2,1-4H3,(H,17,19)(H,18,20,21). The normalized spacial score (nSPS) is 11.8. The smallest absolute Gasteiger partial charge is 0.193 e. The van der Waals surface area contributed by atoms with Crippen LogP contribution < -0.4 is 10.6 Å². The average molecular weight is 332 g/mol. The van der Waals surface area contributed by atoms with Crippen LogP contribution in [-0.4, -0.2) is 63.8 Å². The number of nitrogens with zero attached hydrogens (tertiary/aromatic N) is 6. The summed E-state index contributed by atoms with van der Waals surface area (Å²) in [6.45, 7) is 7.54. The Morgan fingerprint density at radius 3 is 2.92 bits per heavy atom. The van der Waals surface area contributed by atoms with Gasteiger partial charge in [0.25, 0.3) is 0 Å². The monoisotopic (exact) mass is 332 g/mol. The molecule has 0 aliphatic heterocycles. The van der Waals surface area contributed by atoms with Gasteiger partial charge in [-0.15, -0.1) is 0 Å². The number of hydrogen-bond donors (Lipinski definition) is 2. The summed E-state index contributed by atoms with van der Waals surface area (Å²) in [5.41, 5.74) is 0.823. The zero-order valence-corrected chi connectivity index (χ0v) is 15.1. The Hall–Kier alpha value is -2.38. The zero-order valence-electron chi connectivity index (χ0n) is 15.1. The van der Waals surface area contributed by atoms with E-state index in [9.17, 15) is 0 Å². The number of rotatable bonds is 8. The van der Waals surface area contributed by atoms with Gasteiger partial charge in [-0.3, -0.25) is 9.67 Å². The first-order valence-electron chi connectivity index (χ1n) is 8.53. The van der Waals surface area contributed by atoms with Gasteiger partial charge in [0, 0.05) is 33.7 Å².